The van der Waals surface area contributed by atoms with Crippen molar-refractivity contribution in [2.24, 2.45) is 28.6 Å². The van der Waals surface area contributed by atoms with Crippen molar-refractivity contribution >= 4 is 17.7 Å². The van der Waals surface area contributed by atoms with Gasteiger partial charge in [0.2, 0.25) is 0 Å². The fraction of sp³-hybridized carbons (Fsp3) is 0.783. The second kappa shape index (κ2) is 6.70. The summed E-state index contributed by atoms with van der Waals surface area (Å²) in [6.45, 7) is 7.51. The normalized spacial score (nSPS) is 44.6. The van der Waals surface area contributed by atoms with Gasteiger partial charge < -0.3 is 9.47 Å². The Labute approximate surface area is 167 Å². The van der Waals surface area contributed by atoms with E-state index in [-0.39, 0.29) is 40.8 Å². The molecular formula is C23H32O5. The van der Waals surface area contributed by atoms with Crippen molar-refractivity contribution in [3.8, 4) is 0 Å². The Morgan fingerprint density at radius 1 is 1.00 bits per heavy atom. The Morgan fingerprint density at radius 2 is 1.71 bits per heavy atom. The maximum atomic E-state index is 12.2. The summed E-state index contributed by atoms with van der Waals surface area (Å²) in [5, 5.41) is 0. The molecule has 0 amide bonds. The molecule has 0 aromatic rings. The van der Waals surface area contributed by atoms with Gasteiger partial charge in [-0.2, -0.15) is 0 Å². The molecule has 0 aromatic heterocycles. The summed E-state index contributed by atoms with van der Waals surface area (Å²) in [6, 6.07) is 0. The molecule has 4 aliphatic carbocycles. The van der Waals surface area contributed by atoms with Crippen LogP contribution in [0.2, 0.25) is 0 Å². The minimum absolute atomic E-state index is 0.00429. The van der Waals surface area contributed by atoms with Crippen molar-refractivity contribution in [1.82, 2.24) is 0 Å². The zero-order valence-corrected chi connectivity index (χ0v) is 17.5. The zero-order chi connectivity index (χ0) is 20.3. The molecule has 0 heterocycles. The lowest BCUT2D eigenvalue weighted by molar-refractivity contribution is -0.163. The van der Waals surface area contributed by atoms with Gasteiger partial charge in [-0.15, -0.1) is 0 Å². The van der Waals surface area contributed by atoms with E-state index >= 15 is 0 Å². The number of fused-ring (bicyclic) bond motifs is 5. The molecule has 0 spiro atoms. The summed E-state index contributed by atoms with van der Waals surface area (Å²) in [7, 11) is 0. The molecule has 154 valence electrons. The molecule has 5 heteroatoms. The molecule has 0 radical (unpaired) electrons. The molecule has 0 aliphatic heterocycles. The van der Waals surface area contributed by atoms with Crippen LogP contribution in [0, 0.1) is 28.6 Å². The number of hydrogen-bond acceptors (Lipinski definition) is 5. The molecule has 4 rings (SSSR count). The average Bonchev–Trinajstić information content (AvgIpc) is 2.92. The molecule has 0 aromatic carbocycles. The summed E-state index contributed by atoms with van der Waals surface area (Å²) in [5.41, 5.74) is 0.950. The van der Waals surface area contributed by atoms with Crippen molar-refractivity contribution in [1.29, 1.82) is 0 Å². The maximum Gasteiger partial charge on any atom is 0.303 e. The second-order valence-electron chi connectivity index (χ2n) is 9.91. The summed E-state index contributed by atoms with van der Waals surface area (Å²) >= 11 is 0. The van der Waals surface area contributed by atoms with Gasteiger partial charge in [-0.05, 0) is 73.3 Å². The van der Waals surface area contributed by atoms with Crippen LogP contribution in [-0.2, 0) is 23.9 Å². The molecule has 28 heavy (non-hydrogen) atoms. The van der Waals surface area contributed by atoms with Crippen LogP contribution in [0.3, 0.4) is 0 Å². The Balaban J connectivity index is 1.69. The minimum atomic E-state index is -0.303. The average molecular weight is 389 g/mol. The number of rotatable bonds is 2. The van der Waals surface area contributed by atoms with Crippen LogP contribution in [0.4, 0.5) is 0 Å². The van der Waals surface area contributed by atoms with E-state index in [9.17, 15) is 14.4 Å². The molecule has 0 saturated heterocycles. The Hall–Kier alpha value is -1.65. The van der Waals surface area contributed by atoms with Gasteiger partial charge in [0.05, 0.1) is 0 Å². The largest absolute Gasteiger partial charge is 0.462 e. The number of carbonyl (C=O) groups is 3. The predicted molar refractivity (Wildman–Crippen MR) is 103 cm³/mol. The van der Waals surface area contributed by atoms with E-state index < -0.39 is 0 Å². The van der Waals surface area contributed by atoms with Crippen LogP contribution in [0.25, 0.3) is 0 Å². The van der Waals surface area contributed by atoms with Gasteiger partial charge in [-0.3, -0.25) is 14.4 Å². The first kappa shape index (κ1) is 19.7. The van der Waals surface area contributed by atoms with Crippen LogP contribution in [0.1, 0.15) is 72.6 Å². The first-order chi connectivity index (χ1) is 13.1. The van der Waals surface area contributed by atoms with Gasteiger partial charge >= 0.3 is 11.9 Å². The zero-order valence-electron chi connectivity index (χ0n) is 17.5. The number of carbonyl (C=O) groups excluding carboxylic acids is 3. The standard InChI is InChI=1S/C23H32O5/c1-13(24)27-20-12-16-17-5-6-21(28-14(2)25)23(17,4)10-8-18(16)22(3)9-7-15(26)11-19(20)22/h11,16-18,20-21H,5-10,12H2,1-4H3/t16-,17-,18-,20+,21+,22+,23-/m0/s1. The van der Waals surface area contributed by atoms with Crippen LogP contribution in [0.5, 0.6) is 0 Å². The van der Waals surface area contributed by atoms with Gasteiger partial charge in [-0.1, -0.05) is 13.8 Å². The number of ether oxygens (including phenoxy) is 2. The van der Waals surface area contributed by atoms with E-state index in [0.29, 0.717) is 24.2 Å². The summed E-state index contributed by atoms with van der Waals surface area (Å²) < 4.78 is 11.5. The monoisotopic (exact) mass is 388 g/mol. The first-order valence-corrected chi connectivity index (χ1v) is 10.7. The van der Waals surface area contributed by atoms with Crippen molar-refractivity contribution in [3.63, 3.8) is 0 Å². The molecule has 3 saturated carbocycles. The highest BCUT2D eigenvalue weighted by Gasteiger charge is 2.61. The van der Waals surface area contributed by atoms with Gasteiger partial charge in [0.25, 0.3) is 0 Å². The highest BCUT2D eigenvalue weighted by molar-refractivity contribution is 5.92. The van der Waals surface area contributed by atoms with Crippen LogP contribution in [-0.4, -0.2) is 29.9 Å². The topological polar surface area (TPSA) is 69.7 Å². The maximum absolute atomic E-state index is 12.2. The number of ketones is 1. The fourth-order valence-electron chi connectivity index (χ4n) is 7.24. The van der Waals surface area contributed by atoms with E-state index in [4.69, 9.17) is 9.47 Å². The SMILES string of the molecule is CC(=O)O[C@@H]1C[C@H]2[C@@H]3CC[C@@H](OC(C)=O)[C@@]3(C)CC[C@@H]2[C@@]2(C)CCC(=O)C=C12. The van der Waals surface area contributed by atoms with E-state index in [1.54, 1.807) is 6.08 Å². The number of esters is 2. The molecule has 0 unspecified atom stereocenters. The molecular weight excluding hydrogens is 356 g/mol. The molecule has 0 bridgehead atoms. The van der Waals surface area contributed by atoms with Gasteiger partial charge in [0.1, 0.15) is 12.2 Å². The molecule has 4 aliphatic rings. The van der Waals surface area contributed by atoms with Crippen molar-refractivity contribution in [2.75, 3.05) is 0 Å². The van der Waals surface area contributed by atoms with Gasteiger partial charge in [0, 0.05) is 25.7 Å². The van der Waals surface area contributed by atoms with Gasteiger partial charge in [-0.25, -0.2) is 0 Å². The van der Waals surface area contributed by atoms with Crippen molar-refractivity contribution in [3.05, 3.63) is 11.6 Å². The smallest absolute Gasteiger partial charge is 0.303 e. The summed E-state index contributed by atoms with van der Waals surface area (Å²) in [5.74, 6) is 1.06. The van der Waals surface area contributed by atoms with Crippen LogP contribution >= 0.6 is 0 Å². The third-order valence-electron chi connectivity index (χ3n) is 8.48. The summed E-state index contributed by atoms with van der Waals surface area (Å²) in [4.78, 5) is 35.6. The van der Waals surface area contributed by atoms with E-state index in [1.165, 1.54) is 13.8 Å². The van der Waals surface area contributed by atoms with E-state index in [0.717, 1.165) is 44.1 Å². The predicted octanol–water partition coefficient (Wildman–Crippen LogP) is 3.99. The first-order valence-electron chi connectivity index (χ1n) is 10.7. The lowest BCUT2D eigenvalue weighted by Gasteiger charge is -2.59. The number of hydrogen-bond donors (Lipinski definition) is 0. The Bertz CT molecular complexity index is 739. The quantitative estimate of drug-likeness (QED) is 0.669. The van der Waals surface area contributed by atoms with E-state index in [1.807, 2.05) is 0 Å². The van der Waals surface area contributed by atoms with E-state index in [2.05, 4.69) is 13.8 Å². The Morgan fingerprint density at radius 3 is 2.39 bits per heavy atom. The third-order valence-corrected chi connectivity index (χ3v) is 8.48. The molecule has 0 N–H and O–H groups in total. The highest BCUT2D eigenvalue weighted by Crippen LogP contribution is 2.65. The fourth-order valence-corrected chi connectivity index (χ4v) is 7.24. The van der Waals surface area contributed by atoms with Gasteiger partial charge in [0.15, 0.2) is 5.78 Å². The molecule has 3 fully saturated rings. The molecule has 5 nitrogen and oxygen atoms in total. The second-order valence-corrected chi connectivity index (χ2v) is 9.91. The summed E-state index contributed by atoms with van der Waals surface area (Å²) in [6.07, 6.45) is 7.75. The molecule has 7 atom stereocenters. The minimum Gasteiger partial charge on any atom is -0.462 e. The van der Waals surface area contributed by atoms with Crippen LogP contribution in [0.15, 0.2) is 11.6 Å². The third kappa shape index (κ3) is 2.93. The van der Waals surface area contributed by atoms with Crippen molar-refractivity contribution in [2.45, 2.75) is 84.8 Å². The van der Waals surface area contributed by atoms with Crippen LogP contribution < -0.4 is 0 Å². The van der Waals surface area contributed by atoms with Crippen molar-refractivity contribution < 1.29 is 23.9 Å². The Kier molecular flexibility index (Phi) is 4.71. The highest BCUT2D eigenvalue weighted by atomic mass is 16.5. The lowest BCUT2D eigenvalue weighted by Crippen LogP contribution is -2.55. The lowest BCUT2D eigenvalue weighted by atomic mass is 9.47.